The van der Waals surface area contributed by atoms with Gasteiger partial charge < -0.3 is 0 Å². The molecule has 0 bridgehead atoms. The summed E-state index contributed by atoms with van der Waals surface area (Å²) in [4.78, 5) is 7.92. The van der Waals surface area contributed by atoms with Gasteiger partial charge in [-0.05, 0) is 46.2 Å². The van der Waals surface area contributed by atoms with Gasteiger partial charge in [0.05, 0.1) is 0 Å². The van der Waals surface area contributed by atoms with Crippen molar-refractivity contribution >= 4 is 50.5 Å². The van der Waals surface area contributed by atoms with Gasteiger partial charge in [0.2, 0.25) is 0 Å². The van der Waals surface area contributed by atoms with Gasteiger partial charge >= 0.3 is 50.5 Å². The summed E-state index contributed by atoms with van der Waals surface area (Å²) in [6.07, 6.45) is 7.34. The van der Waals surface area contributed by atoms with Crippen LogP contribution in [0.25, 0.3) is 0 Å². The van der Waals surface area contributed by atoms with Crippen LogP contribution in [0.1, 0.15) is 52.7 Å². The molecule has 5 heteroatoms. The number of rotatable bonds is 0. The van der Waals surface area contributed by atoms with Gasteiger partial charge in [-0.3, -0.25) is 9.97 Å². The molecule has 0 aliphatic rings. The van der Waals surface area contributed by atoms with Gasteiger partial charge in [0.15, 0.2) is 0 Å². The molecule has 0 aliphatic carbocycles. The average molecular weight is 652 g/mol. The van der Waals surface area contributed by atoms with Crippen molar-refractivity contribution in [2.75, 3.05) is 0 Å². The fourth-order valence-electron chi connectivity index (χ4n) is 1.70. The number of hydrogen-bond donors (Lipinski definition) is 0. The summed E-state index contributed by atoms with van der Waals surface area (Å²) in [5.74, 6) is 0. The molecule has 0 radical (unpaired) electrons. The second kappa shape index (κ2) is 11.9. The van der Waals surface area contributed by atoms with Crippen molar-refractivity contribution in [2.45, 2.75) is 52.4 Å². The van der Waals surface area contributed by atoms with Gasteiger partial charge in [0, 0.05) is 24.8 Å². The summed E-state index contributed by atoms with van der Waals surface area (Å²) in [6.45, 7) is 13.2. The van der Waals surface area contributed by atoms with E-state index in [9.17, 15) is 0 Å². The van der Waals surface area contributed by atoms with Crippen LogP contribution >= 0.6 is 50.5 Å². The first-order chi connectivity index (χ1) is 10.6. The van der Waals surface area contributed by atoms with E-state index in [4.69, 9.17) is 0 Å². The molecule has 2 heterocycles. The third-order valence-corrected chi connectivity index (χ3v) is 3.09. The van der Waals surface area contributed by atoms with E-state index in [1.54, 1.807) is 0 Å². The molecule has 0 aromatic carbocycles. The Morgan fingerprint density at radius 3 is 1.00 bits per heavy atom. The van der Waals surface area contributed by atoms with Crippen molar-refractivity contribution in [3.63, 3.8) is 0 Å². The molecule has 2 aromatic heterocycles. The van der Waals surface area contributed by atoms with E-state index in [2.05, 4.69) is 113 Å². The van der Waals surface area contributed by atoms with Gasteiger partial charge in [-0.25, -0.2) is 0 Å². The molecule has 0 amide bonds. The first-order valence-electron chi connectivity index (χ1n) is 7.33. The quantitative estimate of drug-likeness (QED) is 0.283. The van der Waals surface area contributed by atoms with Crippen molar-refractivity contribution in [3.05, 3.63) is 60.2 Å². The number of hydrogen-bond acceptors (Lipinski definition) is 2. The van der Waals surface area contributed by atoms with Gasteiger partial charge in [-0.2, -0.15) is 0 Å². The van der Waals surface area contributed by atoms with Crippen LogP contribution in [0.5, 0.6) is 0 Å². The number of aromatic nitrogens is 2. The Kier molecular flexibility index (Phi) is 12.2. The maximum absolute atomic E-state index is 3.96. The van der Waals surface area contributed by atoms with E-state index in [1.165, 1.54) is 11.1 Å². The molecule has 0 unspecified atom stereocenters. The summed E-state index contributed by atoms with van der Waals surface area (Å²) in [5, 5.41) is 0. The Hall–Kier alpha value is 0.490. The van der Waals surface area contributed by atoms with Crippen molar-refractivity contribution in [1.29, 1.82) is 0 Å². The SMILES string of the molecule is CC(C)(C)c1ccncc1.CC(C)(C)c1ccncc1.I[IH]I. The fourth-order valence-corrected chi connectivity index (χ4v) is 1.70. The molecule has 0 saturated heterocycles. The molecule has 130 valence electrons. The van der Waals surface area contributed by atoms with Crippen LogP contribution in [0.4, 0.5) is 0 Å². The zero-order valence-electron chi connectivity index (χ0n) is 14.7. The monoisotopic (exact) mass is 652 g/mol. The van der Waals surface area contributed by atoms with Crippen molar-refractivity contribution in [3.8, 4) is 0 Å². The zero-order valence-corrected chi connectivity index (χ0v) is 21.3. The standard InChI is InChI=1S/2C9H13N.HI3/c2*1-9(2,3)8-4-6-10-7-5-8;1-3-2/h2*4-7H,1-3H3;3H. The Labute approximate surface area is 171 Å². The Morgan fingerprint density at radius 2 is 0.870 bits per heavy atom. The third-order valence-electron chi connectivity index (χ3n) is 3.09. The van der Waals surface area contributed by atoms with Crippen LogP contribution < -0.4 is 0 Å². The summed E-state index contributed by atoms with van der Waals surface area (Å²) in [6, 6.07) is 8.22. The van der Waals surface area contributed by atoms with Crippen molar-refractivity contribution < 1.29 is 0 Å². The van der Waals surface area contributed by atoms with E-state index >= 15 is 0 Å². The van der Waals surface area contributed by atoms with Crippen LogP contribution in [0.2, 0.25) is 0 Å². The molecular formula is C18H27I3N2. The van der Waals surface area contributed by atoms with Crippen LogP contribution in [-0.4, -0.2) is 9.97 Å². The summed E-state index contributed by atoms with van der Waals surface area (Å²) >= 11 is 5.22. The van der Waals surface area contributed by atoms with E-state index in [-0.39, 0.29) is 10.8 Å². The van der Waals surface area contributed by atoms with Crippen LogP contribution in [-0.2, 0) is 10.8 Å². The molecule has 2 aromatic rings. The van der Waals surface area contributed by atoms with Crippen LogP contribution in [0.15, 0.2) is 49.1 Å². The molecule has 0 aliphatic heterocycles. The Morgan fingerprint density at radius 1 is 0.652 bits per heavy atom. The first-order valence-corrected chi connectivity index (χ1v) is 20.9. The van der Waals surface area contributed by atoms with E-state index in [1.807, 2.05) is 24.8 Å². The molecule has 23 heavy (non-hydrogen) atoms. The van der Waals surface area contributed by atoms with E-state index < -0.39 is 0 Å². The summed E-state index contributed by atoms with van der Waals surface area (Å²) in [7, 11) is 0. The minimum absolute atomic E-state index is 0.253. The Balaban J connectivity index is 0.000000360. The second-order valence-electron chi connectivity index (χ2n) is 7.03. The molecule has 0 fully saturated rings. The van der Waals surface area contributed by atoms with Crippen LogP contribution in [0.3, 0.4) is 0 Å². The van der Waals surface area contributed by atoms with E-state index in [0.29, 0.717) is 13.3 Å². The minimum atomic E-state index is 0.253. The second-order valence-corrected chi connectivity index (χ2v) is 24.6. The molecule has 0 saturated carbocycles. The molecule has 2 nitrogen and oxygen atoms in total. The predicted molar refractivity (Wildman–Crippen MR) is 129 cm³/mol. The summed E-state index contributed by atoms with van der Waals surface area (Å²) < 4.78 is 0. The molecule has 0 N–H and O–H groups in total. The van der Waals surface area contributed by atoms with Gasteiger partial charge in [0.25, 0.3) is 0 Å². The average Bonchev–Trinajstić information content (AvgIpc) is 2.49. The normalized spacial score (nSPS) is 11.0. The van der Waals surface area contributed by atoms with Crippen molar-refractivity contribution in [1.82, 2.24) is 9.97 Å². The molecule has 0 atom stereocenters. The predicted octanol–water partition coefficient (Wildman–Crippen LogP) is 7.15. The fraction of sp³-hybridized carbons (Fsp3) is 0.444. The van der Waals surface area contributed by atoms with Crippen LogP contribution in [0, 0.1) is 0 Å². The molecule has 0 spiro atoms. The van der Waals surface area contributed by atoms with Gasteiger partial charge in [-0.1, -0.05) is 41.5 Å². The molecular weight excluding hydrogens is 625 g/mol. The first kappa shape index (κ1) is 23.5. The topological polar surface area (TPSA) is 25.8 Å². The Bertz CT molecular complexity index is 468. The van der Waals surface area contributed by atoms with E-state index in [0.717, 1.165) is 0 Å². The van der Waals surface area contributed by atoms with Crippen molar-refractivity contribution in [2.24, 2.45) is 0 Å². The number of pyridine rings is 2. The van der Waals surface area contributed by atoms with Gasteiger partial charge in [0.1, 0.15) is 0 Å². The zero-order chi connectivity index (χ0) is 17.9. The summed E-state index contributed by atoms with van der Waals surface area (Å²) in [5.41, 5.74) is 3.18. The number of nitrogens with zero attached hydrogens (tertiary/aromatic N) is 2. The van der Waals surface area contributed by atoms with Gasteiger partial charge in [-0.15, -0.1) is 0 Å². The molecule has 2 rings (SSSR count). The maximum atomic E-state index is 3.96. The third kappa shape index (κ3) is 11.6. The number of halogens is 3.